The maximum absolute atomic E-state index is 5.03. The average molecular weight is 122 g/mol. The minimum Gasteiger partial charge on any atom is -0.497 e. The van der Waals surface area contributed by atoms with E-state index < -0.39 is 0 Å². The van der Waals surface area contributed by atoms with Crippen molar-refractivity contribution in [2.24, 2.45) is 0 Å². The van der Waals surface area contributed by atoms with Gasteiger partial charge in [0.2, 0.25) is 0 Å². The number of ether oxygens (including phenoxy) is 1. The van der Waals surface area contributed by atoms with Crippen LogP contribution in [0.5, 0.6) is 0 Å². The van der Waals surface area contributed by atoms with E-state index in [0.29, 0.717) is 6.61 Å². The van der Waals surface area contributed by atoms with E-state index in [2.05, 4.69) is 0 Å². The van der Waals surface area contributed by atoms with Crippen molar-refractivity contribution in [2.75, 3.05) is 6.61 Å². The first kappa shape index (κ1) is 6.14. The van der Waals surface area contributed by atoms with E-state index in [9.17, 15) is 0 Å². The molecule has 1 nitrogen and oxygen atoms in total. The Morgan fingerprint density at radius 1 is 1.67 bits per heavy atom. The minimum absolute atomic E-state index is 0.709. The van der Waals surface area contributed by atoms with Crippen molar-refractivity contribution < 1.29 is 4.74 Å². The Morgan fingerprint density at radius 2 is 2.56 bits per heavy atom. The second kappa shape index (κ2) is 3.13. The fourth-order valence-electron chi connectivity index (χ4n) is 0.729. The van der Waals surface area contributed by atoms with Gasteiger partial charge in [0.1, 0.15) is 6.61 Å². The molecule has 0 saturated carbocycles. The van der Waals surface area contributed by atoms with Crippen LogP contribution < -0.4 is 0 Å². The maximum atomic E-state index is 5.03. The molecule has 0 aliphatic carbocycles. The lowest BCUT2D eigenvalue weighted by Gasteiger charge is -2.04. The summed E-state index contributed by atoms with van der Waals surface area (Å²) in [5.41, 5.74) is 1.22. The van der Waals surface area contributed by atoms with Crippen molar-refractivity contribution in [3.8, 4) is 0 Å². The molecule has 0 fully saturated rings. The highest BCUT2D eigenvalue weighted by Gasteiger charge is 1.92. The molecule has 0 radical (unpaired) electrons. The van der Waals surface area contributed by atoms with Crippen molar-refractivity contribution >= 4 is 0 Å². The number of hydrogen-bond donors (Lipinski definition) is 0. The van der Waals surface area contributed by atoms with E-state index in [1.807, 2.05) is 31.2 Å². The topological polar surface area (TPSA) is 9.23 Å². The zero-order valence-corrected chi connectivity index (χ0v) is 5.50. The largest absolute Gasteiger partial charge is 0.497 e. The Kier molecular flexibility index (Phi) is 2.13. The molecule has 48 valence electrons. The summed E-state index contributed by atoms with van der Waals surface area (Å²) < 4.78 is 5.03. The van der Waals surface area contributed by atoms with E-state index in [1.54, 1.807) is 6.26 Å². The molecule has 1 aliphatic heterocycles. The van der Waals surface area contributed by atoms with Gasteiger partial charge in [-0.3, -0.25) is 0 Å². The lowest BCUT2D eigenvalue weighted by molar-refractivity contribution is 0.279. The summed E-state index contributed by atoms with van der Waals surface area (Å²) in [4.78, 5) is 0. The Hall–Kier alpha value is -0.980. The van der Waals surface area contributed by atoms with Crippen LogP contribution in [-0.4, -0.2) is 6.61 Å². The molecular formula is C8H10O. The summed E-state index contributed by atoms with van der Waals surface area (Å²) >= 11 is 0. The molecule has 1 heterocycles. The third-order valence-electron chi connectivity index (χ3n) is 1.12. The molecule has 0 bridgehead atoms. The third kappa shape index (κ3) is 1.76. The van der Waals surface area contributed by atoms with Gasteiger partial charge < -0.3 is 4.74 Å². The molecular weight excluding hydrogens is 112 g/mol. The lowest BCUT2D eigenvalue weighted by Crippen LogP contribution is -1.93. The molecule has 1 heteroatoms. The molecule has 1 rings (SSSR count). The van der Waals surface area contributed by atoms with Gasteiger partial charge in [-0.25, -0.2) is 0 Å². The molecule has 0 spiro atoms. The second-order valence-electron chi connectivity index (χ2n) is 1.88. The van der Waals surface area contributed by atoms with Crippen LogP contribution in [0.25, 0.3) is 0 Å². The van der Waals surface area contributed by atoms with Crippen molar-refractivity contribution in [3.05, 3.63) is 36.1 Å². The van der Waals surface area contributed by atoms with Crippen LogP contribution in [0.2, 0.25) is 0 Å². The Bertz CT molecular complexity index is 163. The van der Waals surface area contributed by atoms with Gasteiger partial charge in [-0.15, -0.1) is 0 Å². The summed E-state index contributed by atoms with van der Waals surface area (Å²) in [5, 5.41) is 0. The highest BCUT2D eigenvalue weighted by Crippen LogP contribution is 2.03. The van der Waals surface area contributed by atoms with Gasteiger partial charge in [0.15, 0.2) is 0 Å². The molecule has 0 atom stereocenters. The maximum Gasteiger partial charge on any atom is 0.112 e. The second-order valence-corrected chi connectivity index (χ2v) is 1.88. The SMILES string of the molecule is C/C=C/C1=CC=COC1. The van der Waals surface area contributed by atoms with Gasteiger partial charge in [0, 0.05) is 0 Å². The Morgan fingerprint density at radius 3 is 3.11 bits per heavy atom. The van der Waals surface area contributed by atoms with Crippen LogP contribution >= 0.6 is 0 Å². The normalized spacial score (nSPS) is 17.7. The molecule has 0 aromatic carbocycles. The van der Waals surface area contributed by atoms with Gasteiger partial charge in [0.25, 0.3) is 0 Å². The average Bonchev–Trinajstić information content (AvgIpc) is 1.91. The van der Waals surface area contributed by atoms with Gasteiger partial charge >= 0.3 is 0 Å². The fraction of sp³-hybridized carbons (Fsp3) is 0.250. The Labute approximate surface area is 55.3 Å². The van der Waals surface area contributed by atoms with Crippen LogP contribution in [-0.2, 0) is 4.74 Å². The highest BCUT2D eigenvalue weighted by molar-refractivity contribution is 5.25. The molecule has 0 unspecified atom stereocenters. The van der Waals surface area contributed by atoms with E-state index >= 15 is 0 Å². The lowest BCUT2D eigenvalue weighted by atomic mass is 10.2. The zero-order valence-electron chi connectivity index (χ0n) is 5.50. The quantitative estimate of drug-likeness (QED) is 0.517. The van der Waals surface area contributed by atoms with E-state index in [-0.39, 0.29) is 0 Å². The van der Waals surface area contributed by atoms with Gasteiger partial charge in [-0.2, -0.15) is 0 Å². The zero-order chi connectivity index (χ0) is 6.53. The molecule has 0 N–H and O–H groups in total. The van der Waals surface area contributed by atoms with Gasteiger partial charge in [-0.05, 0) is 18.6 Å². The van der Waals surface area contributed by atoms with Crippen molar-refractivity contribution in [3.63, 3.8) is 0 Å². The predicted molar refractivity (Wildman–Crippen MR) is 38.0 cm³/mol. The first-order valence-corrected chi connectivity index (χ1v) is 3.03. The molecule has 1 aliphatic rings. The molecule has 0 amide bonds. The van der Waals surface area contributed by atoms with E-state index in [0.717, 1.165) is 0 Å². The Balaban J connectivity index is 2.57. The number of allylic oxidation sites excluding steroid dienone is 3. The molecule has 0 aromatic rings. The number of rotatable bonds is 1. The highest BCUT2D eigenvalue weighted by atomic mass is 16.5. The number of hydrogen-bond acceptors (Lipinski definition) is 1. The van der Waals surface area contributed by atoms with E-state index in [1.165, 1.54) is 5.57 Å². The van der Waals surface area contributed by atoms with Crippen LogP contribution in [0.4, 0.5) is 0 Å². The van der Waals surface area contributed by atoms with Crippen LogP contribution in [0.3, 0.4) is 0 Å². The fourth-order valence-corrected chi connectivity index (χ4v) is 0.729. The van der Waals surface area contributed by atoms with Crippen molar-refractivity contribution in [1.82, 2.24) is 0 Å². The summed E-state index contributed by atoms with van der Waals surface area (Å²) in [6.45, 7) is 2.71. The summed E-state index contributed by atoms with van der Waals surface area (Å²) in [7, 11) is 0. The molecule has 0 saturated heterocycles. The van der Waals surface area contributed by atoms with Crippen LogP contribution in [0.1, 0.15) is 6.92 Å². The molecule has 0 aromatic heterocycles. The minimum atomic E-state index is 0.709. The smallest absolute Gasteiger partial charge is 0.112 e. The van der Waals surface area contributed by atoms with Crippen LogP contribution in [0.15, 0.2) is 36.1 Å². The first-order valence-electron chi connectivity index (χ1n) is 3.03. The third-order valence-corrected chi connectivity index (χ3v) is 1.12. The predicted octanol–water partition coefficient (Wildman–Crippen LogP) is 2.03. The van der Waals surface area contributed by atoms with Crippen molar-refractivity contribution in [1.29, 1.82) is 0 Å². The van der Waals surface area contributed by atoms with Crippen molar-refractivity contribution in [2.45, 2.75) is 6.92 Å². The van der Waals surface area contributed by atoms with Crippen LogP contribution in [0, 0.1) is 0 Å². The van der Waals surface area contributed by atoms with E-state index in [4.69, 9.17) is 4.74 Å². The molecule has 9 heavy (non-hydrogen) atoms. The first-order chi connectivity index (χ1) is 4.43. The monoisotopic (exact) mass is 122 g/mol. The summed E-state index contributed by atoms with van der Waals surface area (Å²) in [6, 6.07) is 0. The van der Waals surface area contributed by atoms with Gasteiger partial charge in [0.05, 0.1) is 6.26 Å². The summed E-state index contributed by atoms with van der Waals surface area (Å²) in [5.74, 6) is 0. The standard InChI is InChI=1S/C8H10O/c1-2-4-8-5-3-6-9-7-8/h2-6H,7H2,1H3/b4-2+. The summed E-state index contributed by atoms with van der Waals surface area (Å²) in [6.07, 6.45) is 9.70. The van der Waals surface area contributed by atoms with Gasteiger partial charge in [-0.1, -0.05) is 18.2 Å².